The first-order valence-electron chi connectivity index (χ1n) is 5.69. The van der Waals surface area contributed by atoms with E-state index in [1.165, 1.54) is 0 Å². The van der Waals surface area contributed by atoms with Gasteiger partial charge in [-0.2, -0.15) is 13.2 Å². The van der Waals surface area contributed by atoms with Crippen LogP contribution in [0.2, 0.25) is 0 Å². The molecule has 7 heteroatoms. The number of carbonyl (C=O) groups is 1. The van der Waals surface area contributed by atoms with Crippen LogP contribution in [0.3, 0.4) is 0 Å². The van der Waals surface area contributed by atoms with E-state index in [1.807, 2.05) is 29.6 Å². The highest BCUT2D eigenvalue weighted by Crippen LogP contribution is 2.13. The molecular weight excluding hydrogens is 259 g/mol. The van der Waals surface area contributed by atoms with Crippen molar-refractivity contribution in [1.82, 2.24) is 14.9 Å². The van der Waals surface area contributed by atoms with Crippen molar-refractivity contribution in [2.75, 3.05) is 6.54 Å². The van der Waals surface area contributed by atoms with Gasteiger partial charge in [0.2, 0.25) is 5.91 Å². The van der Waals surface area contributed by atoms with Crippen LogP contribution in [0.25, 0.3) is 11.0 Å². The number of nitrogens with zero attached hydrogens (tertiary/aromatic N) is 2. The van der Waals surface area contributed by atoms with Gasteiger partial charge in [0.1, 0.15) is 6.54 Å². The lowest BCUT2D eigenvalue weighted by atomic mass is 10.3. The third-order valence-corrected chi connectivity index (χ3v) is 2.59. The molecule has 0 spiro atoms. The number of halogens is 3. The minimum Gasteiger partial charge on any atom is -0.347 e. The van der Waals surface area contributed by atoms with Gasteiger partial charge in [-0.25, -0.2) is 4.98 Å². The topological polar surface area (TPSA) is 46.9 Å². The molecule has 2 rings (SSSR count). The maximum Gasteiger partial charge on any atom is 0.405 e. The van der Waals surface area contributed by atoms with Gasteiger partial charge >= 0.3 is 6.18 Å². The second kappa shape index (κ2) is 5.29. The first-order chi connectivity index (χ1) is 8.96. The summed E-state index contributed by atoms with van der Waals surface area (Å²) in [5, 5.41) is 1.84. The lowest BCUT2D eigenvalue weighted by Crippen LogP contribution is -2.34. The Morgan fingerprint density at radius 1 is 1.32 bits per heavy atom. The summed E-state index contributed by atoms with van der Waals surface area (Å²) >= 11 is 0. The number of amides is 1. The highest BCUT2D eigenvalue weighted by molar-refractivity contribution is 5.77. The number of rotatable bonds is 4. The number of fused-ring (bicyclic) bond motifs is 1. The molecule has 0 fully saturated rings. The number of hydrogen-bond donors (Lipinski definition) is 1. The summed E-state index contributed by atoms with van der Waals surface area (Å²) in [5.41, 5.74) is 1.64. The zero-order valence-corrected chi connectivity index (χ0v) is 9.94. The number of alkyl halides is 3. The molecule has 0 radical (unpaired) electrons. The van der Waals surface area contributed by atoms with E-state index >= 15 is 0 Å². The molecule has 1 heterocycles. The molecule has 1 aromatic carbocycles. The van der Waals surface area contributed by atoms with Crippen LogP contribution < -0.4 is 5.32 Å². The van der Waals surface area contributed by atoms with Gasteiger partial charge in [0.05, 0.1) is 17.4 Å². The molecule has 1 N–H and O–H groups in total. The zero-order chi connectivity index (χ0) is 13.9. The van der Waals surface area contributed by atoms with Crippen molar-refractivity contribution < 1.29 is 18.0 Å². The molecule has 0 bridgehead atoms. The van der Waals surface area contributed by atoms with E-state index in [-0.39, 0.29) is 6.42 Å². The molecule has 0 atom stereocenters. The summed E-state index contributed by atoms with van der Waals surface area (Å²) in [6.07, 6.45) is -2.82. The van der Waals surface area contributed by atoms with Crippen molar-refractivity contribution in [2.24, 2.45) is 0 Å². The van der Waals surface area contributed by atoms with Gasteiger partial charge in [0.25, 0.3) is 0 Å². The highest BCUT2D eigenvalue weighted by Gasteiger charge is 2.27. The van der Waals surface area contributed by atoms with Gasteiger partial charge in [-0.05, 0) is 12.1 Å². The number of hydrogen-bond acceptors (Lipinski definition) is 2. The van der Waals surface area contributed by atoms with Crippen LogP contribution >= 0.6 is 0 Å². The maximum absolute atomic E-state index is 11.9. The van der Waals surface area contributed by atoms with E-state index in [2.05, 4.69) is 4.98 Å². The Hall–Kier alpha value is -2.05. The van der Waals surface area contributed by atoms with Crippen LogP contribution in [0, 0.1) is 0 Å². The van der Waals surface area contributed by atoms with Gasteiger partial charge in [-0.1, -0.05) is 12.1 Å². The predicted octanol–water partition coefficient (Wildman–Crippen LogP) is 2.10. The third-order valence-electron chi connectivity index (χ3n) is 2.59. The fourth-order valence-electron chi connectivity index (χ4n) is 1.70. The normalized spacial score (nSPS) is 11.7. The highest BCUT2D eigenvalue weighted by atomic mass is 19.4. The van der Waals surface area contributed by atoms with Gasteiger partial charge in [0.15, 0.2) is 0 Å². The average molecular weight is 271 g/mol. The molecule has 0 aliphatic heterocycles. The van der Waals surface area contributed by atoms with Crippen molar-refractivity contribution in [3.63, 3.8) is 0 Å². The number of aryl methyl sites for hydroxylation is 1. The number of nitrogens with one attached hydrogen (secondary N) is 1. The Labute approximate surface area is 107 Å². The van der Waals surface area contributed by atoms with Crippen LogP contribution in [0.15, 0.2) is 30.6 Å². The van der Waals surface area contributed by atoms with Gasteiger partial charge in [0, 0.05) is 13.0 Å². The van der Waals surface area contributed by atoms with Crippen LogP contribution in [-0.4, -0.2) is 28.2 Å². The van der Waals surface area contributed by atoms with E-state index in [9.17, 15) is 18.0 Å². The molecular formula is C12H12F3N3O. The summed E-state index contributed by atoms with van der Waals surface area (Å²) in [6, 6.07) is 7.35. The zero-order valence-electron chi connectivity index (χ0n) is 9.94. The van der Waals surface area contributed by atoms with Crippen molar-refractivity contribution in [3.05, 3.63) is 30.6 Å². The second-order valence-corrected chi connectivity index (χ2v) is 4.07. The Bertz CT molecular complexity index is 577. The molecule has 0 aliphatic rings. The Morgan fingerprint density at radius 3 is 2.79 bits per heavy atom. The van der Waals surface area contributed by atoms with E-state index in [4.69, 9.17) is 0 Å². The maximum atomic E-state index is 11.9. The van der Waals surface area contributed by atoms with Gasteiger partial charge < -0.3 is 9.88 Å². The lowest BCUT2D eigenvalue weighted by molar-refractivity contribution is -0.138. The van der Waals surface area contributed by atoms with Crippen LogP contribution in [0.5, 0.6) is 0 Å². The summed E-state index contributed by atoms with van der Waals surface area (Å²) in [5.74, 6) is -0.630. The van der Waals surface area contributed by atoms with Crippen molar-refractivity contribution >= 4 is 16.9 Å². The average Bonchev–Trinajstić information content (AvgIpc) is 2.76. The van der Waals surface area contributed by atoms with Crippen molar-refractivity contribution in [1.29, 1.82) is 0 Å². The minimum atomic E-state index is -4.38. The van der Waals surface area contributed by atoms with Gasteiger partial charge in [-0.3, -0.25) is 4.79 Å². The van der Waals surface area contributed by atoms with Crippen LogP contribution in [-0.2, 0) is 11.3 Å². The fraction of sp³-hybridized carbons (Fsp3) is 0.333. The summed E-state index contributed by atoms with van der Waals surface area (Å²) in [7, 11) is 0. The van der Waals surface area contributed by atoms with E-state index in [0.717, 1.165) is 11.0 Å². The standard InChI is InChI=1S/C12H12F3N3O/c13-12(14,15)7-16-11(19)5-6-18-8-17-9-3-1-2-4-10(9)18/h1-4,8H,5-7H2,(H,16,19). The number of benzene rings is 1. The third kappa shape index (κ3) is 3.70. The number of aromatic nitrogens is 2. The summed E-state index contributed by atoms with van der Waals surface area (Å²) in [4.78, 5) is 15.4. The SMILES string of the molecule is O=C(CCn1cnc2ccccc21)NCC(F)(F)F. The monoisotopic (exact) mass is 271 g/mol. The van der Waals surface area contributed by atoms with E-state index < -0.39 is 18.6 Å². The molecule has 102 valence electrons. The minimum absolute atomic E-state index is 0.0174. The quantitative estimate of drug-likeness (QED) is 0.925. The molecule has 1 aromatic heterocycles. The number of imidazole rings is 1. The number of carbonyl (C=O) groups excluding carboxylic acids is 1. The van der Waals surface area contributed by atoms with E-state index in [1.54, 1.807) is 10.9 Å². The molecule has 0 aliphatic carbocycles. The Morgan fingerprint density at radius 2 is 2.05 bits per heavy atom. The first-order valence-corrected chi connectivity index (χ1v) is 5.69. The second-order valence-electron chi connectivity index (χ2n) is 4.07. The smallest absolute Gasteiger partial charge is 0.347 e. The Kier molecular flexibility index (Phi) is 3.73. The summed E-state index contributed by atoms with van der Waals surface area (Å²) < 4.78 is 37.5. The molecule has 19 heavy (non-hydrogen) atoms. The van der Waals surface area contributed by atoms with Crippen molar-refractivity contribution in [2.45, 2.75) is 19.1 Å². The van der Waals surface area contributed by atoms with Crippen LogP contribution in [0.1, 0.15) is 6.42 Å². The molecule has 4 nitrogen and oxygen atoms in total. The number of para-hydroxylation sites is 2. The molecule has 2 aromatic rings. The van der Waals surface area contributed by atoms with E-state index in [0.29, 0.717) is 6.54 Å². The first kappa shape index (κ1) is 13.4. The lowest BCUT2D eigenvalue weighted by Gasteiger charge is -2.08. The predicted molar refractivity (Wildman–Crippen MR) is 63.4 cm³/mol. The molecule has 0 unspecified atom stereocenters. The molecule has 0 saturated carbocycles. The van der Waals surface area contributed by atoms with Crippen LogP contribution in [0.4, 0.5) is 13.2 Å². The molecule has 0 saturated heterocycles. The fourth-order valence-corrected chi connectivity index (χ4v) is 1.70. The molecule has 1 amide bonds. The Balaban J connectivity index is 1.90. The van der Waals surface area contributed by atoms with Gasteiger partial charge in [-0.15, -0.1) is 0 Å². The largest absolute Gasteiger partial charge is 0.405 e. The van der Waals surface area contributed by atoms with Crippen molar-refractivity contribution in [3.8, 4) is 0 Å². The summed E-state index contributed by atoms with van der Waals surface area (Å²) in [6.45, 7) is -0.999.